The number of hydrogen-bond acceptors (Lipinski definition) is 2. The minimum absolute atomic E-state index is 0.160. The molecule has 0 saturated carbocycles. The number of rotatable bonds is 3. The molecule has 0 aromatic heterocycles. The van der Waals surface area contributed by atoms with Gasteiger partial charge in [-0.1, -0.05) is 19.9 Å². The molecule has 0 aliphatic heterocycles. The Balaban J connectivity index is 4.70. The van der Waals surface area contributed by atoms with Gasteiger partial charge >= 0.3 is 18.3 Å². The third kappa shape index (κ3) is 4.16. The quantitative estimate of drug-likeness (QED) is 0.434. The highest BCUT2D eigenvalue weighted by Crippen LogP contribution is 2.36. The van der Waals surface area contributed by atoms with E-state index < -0.39 is 18.3 Å². The number of halogens is 5. The number of carbonyl (C=O) groups excluding carboxylic acids is 1. The van der Waals surface area contributed by atoms with Crippen LogP contribution in [0.4, 0.5) is 22.0 Å². The van der Waals surface area contributed by atoms with Crippen LogP contribution >= 0.6 is 0 Å². The molecule has 0 heterocycles. The molecule has 0 N–H and O–H groups in total. The second-order valence-corrected chi connectivity index (χ2v) is 3.50. The van der Waals surface area contributed by atoms with Gasteiger partial charge < -0.3 is 4.74 Å². The number of allylic oxidation sites excluding steroid dienone is 1. The highest BCUT2D eigenvalue weighted by atomic mass is 19.4. The molecule has 0 rings (SSSR count). The van der Waals surface area contributed by atoms with Crippen LogP contribution in [0.3, 0.4) is 0 Å². The lowest BCUT2D eigenvalue weighted by Crippen LogP contribution is -2.41. The van der Waals surface area contributed by atoms with E-state index in [1.807, 2.05) is 0 Å². The maximum Gasteiger partial charge on any atom is 0.501 e. The fourth-order valence-electron chi connectivity index (χ4n) is 0.823. The molecule has 2 nitrogen and oxygen atoms in total. The first-order valence-corrected chi connectivity index (χ1v) is 4.33. The van der Waals surface area contributed by atoms with Crippen LogP contribution in [0.15, 0.2) is 11.6 Å². The third-order valence-electron chi connectivity index (χ3n) is 1.46. The maximum atomic E-state index is 12.3. The Morgan fingerprint density at radius 1 is 1.19 bits per heavy atom. The van der Waals surface area contributed by atoms with Crippen molar-refractivity contribution in [1.82, 2.24) is 0 Å². The van der Waals surface area contributed by atoms with Crippen LogP contribution in [0.2, 0.25) is 0 Å². The van der Waals surface area contributed by atoms with Gasteiger partial charge in [0, 0.05) is 5.57 Å². The Morgan fingerprint density at radius 3 is 1.94 bits per heavy atom. The number of hydrogen-bond donors (Lipinski definition) is 0. The summed E-state index contributed by atoms with van der Waals surface area (Å²) in [6.45, 7) is 4.38. The number of carbonyl (C=O) groups is 1. The Bertz CT molecular complexity index is 291. The summed E-state index contributed by atoms with van der Waals surface area (Å²) in [6, 6.07) is 0. The van der Waals surface area contributed by atoms with Crippen molar-refractivity contribution in [2.45, 2.75) is 33.1 Å². The maximum absolute atomic E-state index is 12.3. The van der Waals surface area contributed by atoms with Gasteiger partial charge in [-0.2, -0.15) is 22.0 Å². The highest BCUT2D eigenvalue weighted by Gasteiger charge is 2.62. The lowest BCUT2D eigenvalue weighted by atomic mass is 10.1. The zero-order valence-corrected chi connectivity index (χ0v) is 8.86. The minimum Gasteiger partial charge on any atom is -0.390 e. The van der Waals surface area contributed by atoms with Crippen LogP contribution in [-0.4, -0.2) is 18.3 Å². The molecule has 7 heteroatoms. The van der Waals surface area contributed by atoms with E-state index in [0.29, 0.717) is 0 Å². The van der Waals surface area contributed by atoms with E-state index in [9.17, 15) is 26.7 Å². The van der Waals surface area contributed by atoms with E-state index in [-0.39, 0.29) is 11.5 Å². The topological polar surface area (TPSA) is 26.3 Å². The van der Waals surface area contributed by atoms with E-state index >= 15 is 0 Å². The van der Waals surface area contributed by atoms with Gasteiger partial charge in [0.1, 0.15) is 0 Å². The van der Waals surface area contributed by atoms with Crippen LogP contribution < -0.4 is 0 Å². The summed E-state index contributed by atoms with van der Waals surface area (Å²) in [5, 5.41) is 0. The summed E-state index contributed by atoms with van der Waals surface area (Å²) in [4.78, 5) is 10.9. The van der Waals surface area contributed by atoms with Crippen molar-refractivity contribution >= 4 is 5.97 Å². The van der Waals surface area contributed by atoms with Crippen LogP contribution in [0.25, 0.3) is 0 Å². The fraction of sp³-hybridized carbons (Fsp3) is 0.667. The molecular formula is C9H11F5O2. The van der Waals surface area contributed by atoms with Crippen LogP contribution in [0, 0.1) is 5.92 Å². The monoisotopic (exact) mass is 246 g/mol. The van der Waals surface area contributed by atoms with Gasteiger partial charge in [-0.15, -0.1) is 0 Å². The highest BCUT2D eigenvalue weighted by molar-refractivity contribution is 5.87. The van der Waals surface area contributed by atoms with E-state index in [4.69, 9.17) is 0 Å². The van der Waals surface area contributed by atoms with Crippen molar-refractivity contribution in [2.75, 3.05) is 0 Å². The average molecular weight is 246 g/mol. The Kier molecular flexibility index (Phi) is 4.45. The number of esters is 1. The molecule has 0 fully saturated rings. The van der Waals surface area contributed by atoms with Crippen LogP contribution in [0.1, 0.15) is 20.8 Å². The van der Waals surface area contributed by atoms with Gasteiger partial charge in [-0.3, -0.25) is 0 Å². The molecule has 0 spiro atoms. The largest absolute Gasteiger partial charge is 0.501 e. The molecule has 0 atom stereocenters. The Hall–Kier alpha value is -1.14. The zero-order chi connectivity index (χ0) is 13.1. The van der Waals surface area contributed by atoms with Crippen LogP contribution in [0.5, 0.6) is 0 Å². The van der Waals surface area contributed by atoms with Crippen LogP contribution in [-0.2, 0) is 9.53 Å². The van der Waals surface area contributed by atoms with Crippen molar-refractivity contribution in [1.29, 1.82) is 0 Å². The fourth-order valence-corrected chi connectivity index (χ4v) is 0.823. The molecule has 94 valence electrons. The summed E-state index contributed by atoms with van der Waals surface area (Å²) in [5.74, 6) is -1.84. The molecule has 0 bridgehead atoms. The third-order valence-corrected chi connectivity index (χ3v) is 1.46. The Labute approximate surface area is 89.1 Å². The second-order valence-electron chi connectivity index (χ2n) is 3.50. The SMILES string of the molecule is CC(=CC(C)C)C(=O)OC(F)(F)C(F)(F)F. The molecule has 0 aliphatic rings. The van der Waals surface area contributed by atoms with Gasteiger partial charge in [-0.25, -0.2) is 4.79 Å². The molecule has 0 unspecified atom stereocenters. The molecule has 0 aromatic carbocycles. The van der Waals surface area contributed by atoms with Crippen molar-refractivity contribution < 1.29 is 31.5 Å². The first kappa shape index (κ1) is 14.9. The summed E-state index contributed by atoms with van der Waals surface area (Å²) in [6.07, 6.45) is -10.1. The van der Waals surface area contributed by atoms with E-state index in [1.54, 1.807) is 13.8 Å². The van der Waals surface area contributed by atoms with E-state index in [2.05, 4.69) is 4.74 Å². The predicted molar refractivity (Wildman–Crippen MR) is 45.7 cm³/mol. The molecule has 16 heavy (non-hydrogen) atoms. The van der Waals surface area contributed by atoms with Gasteiger partial charge in [0.15, 0.2) is 0 Å². The van der Waals surface area contributed by atoms with Crippen molar-refractivity contribution in [2.24, 2.45) is 5.92 Å². The zero-order valence-electron chi connectivity index (χ0n) is 8.86. The van der Waals surface area contributed by atoms with Gasteiger partial charge in [0.25, 0.3) is 0 Å². The second kappa shape index (κ2) is 4.80. The summed E-state index contributed by atoms with van der Waals surface area (Å²) in [5.41, 5.74) is -0.293. The average Bonchev–Trinajstić information content (AvgIpc) is 1.99. The molecule has 0 radical (unpaired) electrons. The molecule has 0 amide bonds. The Morgan fingerprint density at radius 2 is 1.62 bits per heavy atom. The van der Waals surface area contributed by atoms with Gasteiger partial charge in [0.2, 0.25) is 0 Å². The lowest BCUT2D eigenvalue weighted by Gasteiger charge is -2.19. The number of ether oxygens (including phenoxy) is 1. The summed E-state index contributed by atoms with van der Waals surface area (Å²) in [7, 11) is 0. The van der Waals surface area contributed by atoms with E-state index in [1.165, 1.54) is 6.08 Å². The smallest absolute Gasteiger partial charge is 0.390 e. The van der Waals surface area contributed by atoms with E-state index in [0.717, 1.165) is 6.92 Å². The summed E-state index contributed by atoms with van der Waals surface area (Å²) >= 11 is 0. The first-order chi connectivity index (χ1) is 6.97. The minimum atomic E-state index is -5.90. The lowest BCUT2D eigenvalue weighted by molar-refractivity contribution is -0.375. The first-order valence-electron chi connectivity index (χ1n) is 4.33. The molecule has 0 aromatic rings. The molecule has 0 aliphatic carbocycles. The van der Waals surface area contributed by atoms with Crippen molar-refractivity contribution in [3.05, 3.63) is 11.6 Å². The molecular weight excluding hydrogens is 235 g/mol. The van der Waals surface area contributed by atoms with Crippen molar-refractivity contribution in [3.63, 3.8) is 0 Å². The standard InChI is InChI=1S/C9H11F5O2/c1-5(2)4-6(3)7(15)16-9(13,14)8(10,11)12/h4-5H,1-3H3. The van der Waals surface area contributed by atoms with Gasteiger partial charge in [0.05, 0.1) is 0 Å². The number of alkyl halides is 5. The summed E-state index contributed by atoms with van der Waals surface area (Å²) < 4.78 is 62.7. The van der Waals surface area contributed by atoms with Gasteiger partial charge in [-0.05, 0) is 12.8 Å². The molecule has 0 saturated heterocycles. The predicted octanol–water partition coefficient (Wildman–Crippen LogP) is 3.29. The normalized spacial score (nSPS) is 14.2. The van der Waals surface area contributed by atoms with Crippen molar-refractivity contribution in [3.8, 4) is 0 Å².